The zero-order valence-corrected chi connectivity index (χ0v) is 19.2. The minimum Gasteiger partial charge on any atom is -0.457 e. The maximum atomic E-state index is 13.3. The second kappa shape index (κ2) is 11.2. The molecule has 12 heteroatoms. The molecule has 0 bridgehead atoms. The molecule has 1 aromatic heterocycles. The van der Waals surface area contributed by atoms with Gasteiger partial charge in [-0.15, -0.1) is 0 Å². The number of nitrogens with one attached hydrogen (secondary N) is 4. The van der Waals surface area contributed by atoms with Gasteiger partial charge in [0.2, 0.25) is 5.91 Å². The third-order valence-corrected chi connectivity index (χ3v) is 4.70. The molecule has 0 saturated carbocycles. The van der Waals surface area contributed by atoms with Gasteiger partial charge >= 0.3 is 12.2 Å². The van der Waals surface area contributed by atoms with Crippen LogP contribution in [0.15, 0.2) is 60.8 Å². The number of rotatable bonds is 7. The van der Waals surface area contributed by atoms with Crippen molar-refractivity contribution in [2.45, 2.75) is 19.6 Å². The van der Waals surface area contributed by atoms with Crippen LogP contribution in [-0.4, -0.2) is 29.9 Å². The summed E-state index contributed by atoms with van der Waals surface area (Å²) in [6, 6.07) is 12.1. The highest BCUT2D eigenvalue weighted by Crippen LogP contribution is 2.36. The highest BCUT2D eigenvalue weighted by molar-refractivity contribution is 5.93. The van der Waals surface area contributed by atoms with Crippen LogP contribution in [0, 0.1) is 0 Å². The molecule has 36 heavy (non-hydrogen) atoms. The van der Waals surface area contributed by atoms with Crippen molar-refractivity contribution in [3.63, 3.8) is 0 Å². The number of hydrogen-bond donors (Lipinski definition) is 4. The van der Waals surface area contributed by atoms with E-state index in [9.17, 15) is 27.6 Å². The molecule has 0 aliphatic heterocycles. The molecule has 0 fully saturated rings. The van der Waals surface area contributed by atoms with Crippen LogP contribution in [0.25, 0.3) is 0 Å². The van der Waals surface area contributed by atoms with Gasteiger partial charge in [0, 0.05) is 38.5 Å². The average Bonchev–Trinajstić information content (AvgIpc) is 2.83. The molecular formula is C24H22F3N5O4. The smallest absolute Gasteiger partial charge is 0.418 e. The van der Waals surface area contributed by atoms with Crippen molar-refractivity contribution in [3.8, 4) is 11.5 Å². The second-order valence-electron chi connectivity index (χ2n) is 7.45. The summed E-state index contributed by atoms with van der Waals surface area (Å²) in [4.78, 5) is 39.0. The number of anilines is 2. The lowest BCUT2D eigenvalue weighted by Crippen LogP contribution is -2.28. The highest BCUT2D eigenvalue weighted by atomic mass is 19.4. The second-order valence-corrected chi connectivity index (χ2v) is 7.45. The van der Waals surface area contributed by atoms with E-state index >= 15 is 0 Å². The van der Waals surface area contributed by atoms with Gasteiger partial charge in [-0.05, 0) is 42.0 Å². The number of carbonyl (C=O) groups is 3. The van der Waals surface area contributed by atoms with Crippen LogP contribution in [0.3, 0.4) is 0 Å². The summed E-state index contributed by atoms with van der Waals surface area (Å²) in [6.45, 7) is 1.19. The Kier molecular flexibility index (Phi) is 8.10. The zero-order chi connectivity index (χ0) is 26.3. The van der Waals surface area contributed by atoms with E-state index in [4.69, 9.17) is 4.74 Å². The van der Waals surface area contributed by atoms with Crippen molar-refractivity contribution in [2.75, 3.05) is 17.7 Å². The maximum Gasteiger partial charge on any atom is 0.418 e. The van der Waals surface area contributed by atoms with Crippen molar-refractivity contribution >= 4 is 29.2 Å². The quantitative estimate of drug-likeness (QED) is 0.379. The van der Waals surface area contributed by atoms with Gasteiger partial charge in [-0.2, -0.15) is 13.2 Å². The van der Waals surface area contributed by atoms with Crippen molar-refractivity contribution in [2.24, 2.45) is 0 Å². The SMILES string of the molecule is CNC(=O)c1cc(Oc2ccc(CNC(=O)Nc3ccc(NC(C)=O)c(C(F)(F)F)c3)cc2)ccn1. The van der Waals surface area contributed by atoms with Gasteiger partial charge in [0.25, 0.3) is 5.91 Å². The number of pyridine rings is 1. The molecule has 4 amide bonds. The van der Waals surface area contributed by atoms with E-state index in [1.807, 2.05) is 0 Å². The number of aromatic nitrogens is 1. The van der Waals surface area contributed by atoms with Crippen LogP contribution in [0.4, 0.5) is 29.3 Å². The molecule has 3 aromatic rings. The number of nitrogens with zero attached hydrogens (tertiary/aromatic N) is 1. The van der Waals surface area contributed by atoms with Gasteiger partial charge in [0.1, 0.15) is 17.2 Å². The third-order valence-electron chi connectivity index (χ3n) is 4.70. The van der Waals surface area contributed by atoms with Crippen LogP contribution >= 0.6 is 0 Å². The van der Waals surface area contributed by atoms with Gasteiger partial charge in [0.05, 0.1) is 11.3 Å². The van der Waals surface area contributed by atoms with E-state index in [2.05, 4.69) is 26.3 Å². The molecule has 0 aliphatic carbocycles. The van der Waals surface area contributed by atoms with Crippen molar-refractivity contribution in [1.29, 1.82) is 0 Å². The Morgan fingerprint density at radius 3 is 2.31 bits per heavy atom. The number of hydrogen-bond acceptors (Lipinski definition) is 5. The molecule has 2 aromatic carbocycles. The number of alkyl halides is 3. The largest absolute Gasteiger partial charge is 0.457 e. The number of urea groups is 1. The van der Waals surface area contributed by atoms with Gasteiger partial charge < -0.3 is 26.0 Å². The molecule has 0 unspecified atom stereocenters. The predicted molar refractivity (Wildman–Crippen MR) is 126 cm³/mol. The zero-order valence-electron chi connectivity index (χ0n) is 19.2. The summed E-state index contributed by atoms with van der Waals surface area (Å²) >= 11 is 0. The normalized spacial score (nSPS) is 10.8. The number of amides is 4. The van der Waals surface area contributed by atoms with E-state index in [-0.39, 0.29) is 23.8 Å². The molecule has 3 rings (SSSR count). The Morgan fingerprint density at radius 1 is 0.944 bits per heavy atom. The number of benzene rings is 2. The summed E-state index contributed by atoms with van der Waals surface area (Å²) in [7, 11) is 1.49. The molecule has 0 spiro atoms. The minimum atomic E-state index is -4.73. The standard InChI is InChI=1S/C24H22F3N5O4/c1-14(33)31-20-8-5-16(11-19(20)24(25,26)27)32-23(35)30-13-15-3-6-17(7-4-15)36-18-9-10-29-21(12-18)22(34)28-2/h3-12H,13H2,1-2H3,(H,28,34)(H,31,33)(H2,30,32,35). The molecule has 188 valence electrons. The van der Waals surface area contributed by atoms with E-state index in [0.717, 1.165) is 19.1 Å². The van der Waals surface area contributed by atoms with Crippen molar-refractivity contribution in [1.82, 2.24) is 15.6 Å². The predicted octanol–water partition coefficient (Wildman–Crippen LogP) is 4.53. The van der Waals surface area contributed by atoms with Crippen LogP contribution in [-0.2, 0) is 17.5 Å². The van der Waals surface area contributed by atoms with Gasteiger partial charge in [0.15, 0.2) is 0 Å². The maximum absolute atomic E-state index is 13.3. The Morgan fingerprint density at radius 2 is 1.67 bits per heavy atom. The first-order valence-corrected chi connectivity index (χ1v) is 10.5. The summed E-state index contributed by atoms with van der Waals surface area (Å²) in [5.74, 6) is -0.101. The third kappa shape index (κ3) is 7.19. The lowest BCUT2D eigenvalue weighted by Gasteiger charge is -2.15. The van der Waals surface area contributed by atoms with Crippen molar-refractivity contribution in [3.05, 3.63) is 77.6 Å². The first kappa shape index (κ1) is 26.0. The number of halogens is 3. The molecule has 1 heterocycles. The Labute approximate surface area is 204 Å². The fourth-order valence-electron chi connectivity index (χ4n) is 3.05. The summed E-state index contributed by atoms with van der Waals surface area (Å²) in [5, 5.41) is 9.49. The molecule has 4 N–H and O–H groups in total. The number of ether oxygens (including phenoxy) is 1. The molecular weight excluding hydrogens is 479 g/mol. The molecule has 0 saturated heterocycles. The van der Waals surface area contributed by atoms with Gasteiger partial charge in [-0.1, -0.05) is 12.1 Å². The summed E-state index contributed by atoms with van der Waals surface area (Å²) in [5.41, 5.74) is -0.669. The molecule has 0 aliphatic rings. The molecule has 0 atom stereocenters. The van der Waals surface area contributed by atoms with E-state index in [1.165, 1.54) is 25.4 Å². The van der Waals surface area contributed by atoms with Crippen LogP contribution in [0.2, 0.25) is 0 Å². The first-order valence-electron chi connectivity index (χ1n) is 10.5. The lowest BCUT2D eigenvalue weighted by molar-refractivity contribution is -0.136. The summed E-state index contributed by atoms with van der Waals surface area (Å²) in [6.07, 6.45) is -3.28. The van der Waals surface area contributed by atoms with Gasteiger partial charge in [-0.3, -0.25) is 14.6 Å². The Bertz CT molecular complexity index is 1260. The minimum absolute atomic E-state index is 0.0915. The monoisotopic (exact) mass is 501 g/mol. The van der Waals surface area contributed by atoms with Crippen LogP contribution < -0.4 is 26.0 Å². The fraction of sp³-hybridized carbons (Fsp3) is 0.167. The average molecular weight is 501 g/mol. The fourth-order valence-corrected chi connectivity index (χ4v) is 3.05. The number of carbonyl (C=O) groups excluding carboxylic acids is 3. The van der Waals surface area contributed by atoms with Crippen molar-refractivity contribution < 1.29 is 32.3 Å². The lowest BCUT2D eigenvalue weighted by atomic mass is 10.1. The topological polar surface area (TPSA) is 121 Å². The van der Waals surface area contributed by atoms with E-state index in [0.29, 0.717) is 17.1 Å². The Balaban J connectivity index is 1.58. The van der Waals surface area contributed by atoms with Gasteiger partial charge in [-0.25, -0.2) is 4.79 Å². The van der Waals surface area contributed by atoms with E-state index < -0.39 is 29.4 Å². The van der Waals surface area contributed by atoms with E-state index in [1.54, 1.807) is 30.3 Å². The van der Waals surface area contributed by atoms with Crippen LogP contribution in [0.5, 0.6) is 11.5 Å². The van der Waals surface area contributed by atoms with Crippen LogP contribution in [0.1, 0.15) is 28.5 Å². The molecule has 9 nitrogen and oxygen atoms in total. The summed E-state index contributed by atoms with van der Waals surface area (Å²) < 4.78 is 45.7. The highest BCUT2D eigenvalue weighted by Gasteiger charge is 2.34. The Hall–Kier alpha value is -4.61. The molecule has 0 radical (unpaired) electrons. The first-order chi connectivity index (χ1) is 17.0.